The van der Waals surface area contributed by atoms with E-state index in [4.69, 9.17) is 0 Å². The number of nitrogens with zero attached hydrogens (tertiary/aromatic N) is 7. The highest BCUT2D eigenvalue weighted by atomic mass is 16.2. The summed E-state index contributed by atoms with van der Waals surface area (Å²) in [5, 5.41) is 4.06. The molecule has 0 aliphatic carbocycles. The number of amides is 1. The number of hydrogen-bond donors (Lipinski definition) is 0. The first-order valence-corrected chi connectivity index (χ1v) is 9.31. The maximum Gasteiger partial charge on any atom is 0.224 e. The fourth-order valence-corrected chi connectivity index (χ4v) is 3.61. The van der Waals surface area contributed by atoms with Crippen LogP contribution in [-0.4, -0.2) is 53.2 Å². The van der Waals surface area contributed by atoms with Gasteiger partial charge in [0, 0.05) is 44.0 Å². The number of pyridine rings is 1. The summed E-state index contributed by atoms with van der Waals surface area (Å²) >= 11 is 0. The fourth-order valence-electron chi connectivity index (χ4n) is 3.61. The van der Waals surface area contributed by atoms with Gasteiger partial charge in [0.1, 0.15) is 18.5 Å². The normalized spacial score (nSPS) is 17.2. The lowest BCUT2D eigenvalue weighted by Crippen LogP contribution is -2.40. The minimum Gasteiger partial charge on any atom is -0.342 e. The molecule has 8 heteroatoms. The molecule has 1 saturated heterocycles. The van der Waals surface area contributed by atoms with Gasteiger partial charge in [-0.05, 0) is 25.0 Å². The highest BCUT2D eigenvalue weighted by molar-refractivity contribution is 5.76. The van der Waals surface area contributed by atoms with E-state index < -0.39 is 0 Å². The van der Waals surface area contributed by atoms with Crippen LogP contribution < -0.4 is 0 Å². The number of carbonyl (C=O) groups excluding carboxylic acids is 1. The smallest absolute Gasteiger partial charge is 0.224 e. The number of likely N-dealkylation sites (tertiary alicyclic amines) is 1. The molecule has 0 radical (unpaired) electrons. The summed E-state index contributed by atoms with van der Waals surface area (Å²) in [6, 6.07) is 5.93. The van der Waals surface area contributed by atoms with Crippen LogP contribution in [0.4, 0.5) is 0 Å². The first-order chi connectivity index (χ1) is 13.3. The summed E-state index contributed by atoms with van der Waals surface area (Å²) in [4.78, 5) is 27.5. The number of imidazole rings is 1. The van der Waals surface area contributed by atoms with Crippen molar-refractivity contribution in [3.8, 4) is 0 Å². The molecule has 3 aromatic heterocycles. The molecule has 1 aliphatic heterocycles. The van der Waals surface area contributed by atoms with Crippen LogP contribution in [0, 0.1) is 0 Å². The molecule has 3 aromatic rings. The van der Waals surface area contributed by atoms with E-state index in [0.717, 1.165) is 37.4 Å². The monoisotopic (exact) mass is 365 g/mol. The summed E-state index contributed by atoms with van der Waals surface area (Å²) in [5.74, 6) is 1.46. The van der Waals surface area contributed by atoms with E-state index in [1.807, 2.05) is 41.7 Å². The van der Waals surface area contributed by atoms with Gasteiger partial charge in [0.2, 0.25) is 5.91 Å². The summed E-state index contributed by atoms with van der Waals surface area (Å²) in [7, 11) is 0. The Morgan fingerprint density at radius 1 is 1.22 bits per heavy atom. The second kappa shape index (κ2) is 8.11. The standard InChI is InChI=1S/C19H23N7O/c27-18(6-10-26-15-20-14-23-26)24-9-3-4-16(12-24)19-22-8-11-25(19)13-17-5-1-2-7-21-17/h1-2,5,7-8,11,14-16H,3-4,6,9-10,12-13H2/t16-/m0/s1. The number of carbonyl (C=O) groups is 1. The van der Waals surface area contributed by atoms with Crippen LogP contribution in [0.1, 0.15) is 36.7 Å². The Labute approximate surface area is 157 Å². The molecule has 1 aliphatic rings. The predicted octanol–water partition coefficient (Wildman–Crippen LogP) is 1.71. The maximum atomic E-state index is 12.6. The van der Waals surface area contributed by atoms with Crippen molar-refractivity contribution < 1.29 is 4.79 Å². The minimum absolute atomic E-state index is 0.165. The van der Waals surface area contributed by atoms with E-state index in [9.17, 15) is 4.79 Å². The van der Waals surface area contributed by atoms with Gasteiger partial charge in [-0.25, -0.2) is 9.97 Å². The number of aromatic nitrogens is 6. The van der Waals surface area contributed by atoms with Gasteiger partial charge in [-0.3, -0.25) is 14.5 Å². The van der Waals surface area contributed by atoms with Gasteiger partial charge in [0.25, 0.3) is 0 Å². The molecule has 0 aromatic carbocycles. The van der Waals surface area contributed by atoms with Gasteiger partial charge in [-0.15, -0.1) is 0 Å². The van der Waals surface area contributed by atoms with Crippen molar-refractivity contribution in [2.45, 2.75) is 38.3 Å². The van der Waals surface area contributed by atoms with E-state index in [1.165, 1.54) is 6.33 Å². The van der Waals surface area contributed by atoms with Crippen LogP contribution in [0.2, 0.25) is 0 Å². The van der Waals surface area contributed by atoms with Crippen molar-refractivity contribution in [1.29, 1.82) is 0 Å². The van der Waals surface area contributed by atoms with Crippen LogP contribution in [-0.2, 0) is 17.9 Å². The van der Waals surface area contributed by atoms with Crippen molar-refractivity contribution >= 4 is 5.91 Å². The van der Waals surface area contributed by atoms with Gasteiger partial charge in [-0.1, -0.05) is 6.07 Å². The van der Waals surface area contributed by atoms with Crippen LogP contribution in [0.5, 0.6) is 0 Å². The Morgan fingerprint density at radius 2 is 2.19 bits per heavy atom. The third-order valence-corrected chi connectivity index (χ3v) is 4.97. The summed E-state index contributed by atoms with van der Waals surface area (Å²) in [6.07, 6.45) is 11.3. The second-order valence-corrected chi connectivity index (χ2v) is 6.82. The maximum absolute atomic E-state index is 12.6. The average Bonchev–Trinajstić information content (AvgIpc) is 3.39. The van der Waals surface area contributed by atoms with Crippen molar-refractivity contribution in [2.75, 3.05) is 13.1 Å². The SMILES string of the molecule is O=C(CCn1cncn1)N1CCC[C@H](c2nccn2Cc2ccccn2)C1. The molecule has 0 saturated carbocycles. The highest BCUT2D eigenvalue weighted by Gasteiger charge is 2.27. The lowest BCUT2D eigenvalue weighted by Gasteiger charge is -2.32. The van der Waals surface area contributed by atoms with Crippen molar-refractivity contribution in [1.82, 2.24) is 34.2 Å². The summed E-state index contributed by atoms with van der Waals surface area (Å²) in [6.45, 7) is 2.80. The zero-order valence-electron chi connectivity index (χ0n) is 15.2. The van der Waals surface area contributed by atoms with Gasteiger partial charge in [0.05, 0.1) is 18.8 Å². The van der Waals surface area contributed by atoms with E-state index in [2.05, 4.69) is 24.6 Å². The Hall–Kier alpha value is -3.03. The number of aryl methyl sites for hydroxylation is 1. The van der Waals surface area contributed by atoms with Crippen molar-refractivity contribution in [3.63, 3.8) is 0 Å². The zero-order chi connectivity index (χ0) is 18.5. The van der Waals surface area contributed by atoms with Gasteiger partial charge < -0.3 is 9.47 Å². The molecule has 1 amide bonds. The van der Waals surface area contributed by atoms with Crippen LogP contribution >= 0.6 is 0 Å². The minimum atomic E-state index is 0.165. The predicted molar refractivity (Wildman–Crippen MR) is 98.8 cm³/mol. The zero-order valence-corrected chi connectivity index (χ0v) is 15.2. The Bertz CT molecular complexity index is 859. The summed E-state index contributed by atoms with van der Waals surface area (Å²) < 4.78 is 3.84. The quantitative estimate of drug-likeness (QED) is 0.664. The number of rotatable bonds is 6. The number of piperidine rings is 1. The average molecular weight is 365 g/mol. The topological polar surface area (TPSA) is 81.7 Å². The van der Waals surface area contributed by atoms with Crippen molar-refractivity contribution in [3.05, 3.63) is 61.0 Å². The third kappa shape index (κ3) is 4.21. The van der Waals surface area contributed by atoms with E-state index in [-0.39, 0.29) is 11.8 Å². The first kappa shape index (κ1) is 17.4. The lowest BCUT2D eigenvalue weighted by atomic mass is 9.96. The molecule has 4 rings (SSSR count). The lowest BCUT2D eigenvalue weighted by molar-refractivity contribution is -0.132. The van der Waals surface area contributed by atoms with Crippen LogP contribution in [0.25, 0.3) is 0 Å². The third-order valence-electron chi connectivity index (χ3n) is 4.97. The van der Waals surface area contributed by atoms with Gasteiger partial charge in [-0.2, -0.15) is 5.10 Å². The molecule has 1 fully saturated rings. The molecule has 1 atom stereocenters. The molecule has 0 spiro atoms. The largest absolute Gasteiger partial charge is 0.342 e. The fraction of sp³-hybridized carbons (Fsp3) is 0.421. The van der Waals surface area contributed by atoms with Crippen molar-refractivity contribution in [2.24, 2.45) is 0 Å². The summed E-state index contributed by atoms with van der Waals surface area (Å²) in [5.41, 5.74) is 1.01. The molecule has 0 N–H and O–H groups in total. The molecule has 0 unspecified atom stereocenters. The molecule has 4 heterocycles. The Balaban J connectivity index is 1.40. The van der Waals surface area contributed by atoms with Crippen LogP contribution in [0.15, 0.2) is 49.4 Å². The Kier molecular flexibility index (Phi) is 5.22. The first-order valence-electron chi connectivity index (χ1n) is 9.31. The van der Waals surface area contributed by atoms with E-state index >= 15 is 0 Å². The molecule has 140 valence electrons. The van der Waals surface area contributed by atoms with Gasteiger partial charge >= 0.3 is 0 Å². The molecular weight excluding hydrogens is 342 g/mol. The van der Waals surface area contributed by atoms with E-state index in [0.29, 0.717) is 19.5 Å². The highest BCUT2D eigenvalue weighted by Crippen LogP contribution is 2.26. The second-order valence-electron chi connectivity index (χ2n) is 6.82. The number of hydrogen-bond acceptors (Lipinski definition) is 5. The molecule has 27 heavy (non-hydrogen) atoms. The van der Waals surface area contributed by atoms with E-state index in [1.54, 1.807) is 11.0 Å². The van der Waals surface area contributed by atoms with Crippen LogP contribution in [0.3, 0.4) is 0 Å². The molecular formula is C19H23N7O. The Morgan fingerprint density at radius 3 is 3.00 bits per heavy atom. The molecule has 0 bridgehead atoms. The molecule has 8 nitrogen and oxygen atoms in total. The van der Waals surface area contributed by atoms with Gasteiger partial charge in [0.15, 0.2) is 0 Å².